The second-order valence-corrected chi connectivity index (χ2v) is 4.36. The van der Waals surface area contributed by atoms with Crippen LogP contribution < -0.4 is 0 Å². The predicted molar refractivity (Wildman–Crippen MR) is 64.5 cm³/mol. The van der Waals surface area contributed by atoms with E-state index >= 15 is 0 Å². The molecular weight excluding hydrogens is 238 g/mol. The Labute approximate surface area is 103 Å². The summed E-state index contributed by atoms with van der Waals surface area (Å²) in [7, 11) is 0. The summed E-state index contributed by atoms with van der Waals surface area (Å²) >= 11 is 6.05. The van der Waals surface area contributed by atoms with Gasteiger partial charge in [0.15, 0.2) is 5.15 Å². The van der Waals surface area contributed by atoms with Crippen molar-refractivity contribution in [2.45, 2.75) is 19.9 Å². The molecule has 0 saturated heterocycles. The average molecular weight is 248 g/mol. The van der Waals surface area contributed by atoms with Gasteiger partial charge < -0.3 is 4.42 Å². The minimum Gasteiger partial charge on any atom is -0.472 e. The Kier molecular flexibility index (Phi) is 2.44. The number of aromatic nitrogens is 2. The number of rotatable bonds is 2. The minimum absolute atomic E-state index is 0.440. The summed E-state index contributed by atoms with van der Waals surface area (Å²) < 4.78 is 5.05. The fourth-order valence-corrected chi connectivity index (χ4v) is 2.32. The van der Waals surface area contributed by atoms with Gasteiger partial charge >= 0.3 is 0 Å². The third kappa shape index (κ3) is 1.74. The van der Waals surface area contributed by atoms with Crippen molar-refractivity contribution in [1.82, 2.24) is 10.2 Å². The molecule has 3 rings (SSSR count). The number of fused-ring (bicyclic) bond motifs is 1. The molecule has 0 saturated carbocycles. The molecule has 86 valence electrons. The highest BCUT2D eigenvalue weighted by atomic mass is 35.5. The topological polar surface area (TPSA) is 51.3 Å². The summed E-state index contributed by atoms with van der Waals surface area (Å²) in [4.78, 5) is 4.38. The van der Waals surface area contributed by atoms with Crippen LogP contribution in [0.2, 0.25) is 5.15 Å². The Morgan fingerprint density at radius 3 is 3.06 bits per heavy atom. The van der Waals surface area contributed by atoms with Crippen LogP contribution in [0.1, 0.15) is 29.3 Å². The molecule has 0 atom stereocenters. The molecule has 0 unspecified atom stereocenters. The molecular formula is C12H10ClN3O. The molecule has 0 aliphatic carbocycles. The molecule has 0 fully saturated rings. The van der Waals surface area contributed by atoms with Gasteiger partial charge in [-0.1, -0.05) is 11.6 Å². The van der Waals surface area contributed by atoms with Crippen LogP contribution in [0.3, 0.4) is 0 Å². The van der Waals surface area contributed by atoms with E-state index in [1.165, 1.54) is 0 Å². The van der Waals surface area contributed by atoms with E-state index < -0.39 is 0 Å². The SMILES string of the molecule is CC1=NCc2c(Cc3ccoc3)nnc(Cl)c21. The van der Waals surface area contributed by atoms with Crippen LogP contribution in [0.5, 0.6) is 0 Å². The van der Waals surface area contributed by atoms with Gasteiger partial charge in [-0.3, -0.25) is 4.99 Å². The Balaban J connectivity index is 2.03. The van der Waals surface area contributed by atoms with Crippen LogP contribution in [0, 0.1) is 0 Å². The van der Waals surface area contributed by atoms with E-state index in [1.54, 1.807) is 12.5 Å². The monoisotopic (exact) mass is 247 g/mol. The summed E-state index contributed by atoms with van der Waals surface area (Å²) in [6.45, 7) is 2.59. The van der Waals surface area contributed by atoms with Crippen LogP contribution in [-0.2, 0) is 13.0 Å². The van der Waals surface area contributed by atoms with Crippen molar-refractivity contribution >= 4 is 17.3 Å². The van der Waals surface area contributed by atoms with E-state index in [0.717, 1.165) is 28.1 Å². The lowest BCUT2D eigenvalue weighted by molar-refractivity contribution is 0.564. The summed E-state index contributed by atoms with van der Waals surface area (Å²) in [6.07, 6.45) is 4.07. The Morgan fingerprint density at radius 1 is 1.41 bits per heavy atom. The van der Waals surface area contributed by atoms with Gasteiger partial charge in [0.05, 0.1) is 24.8 Å². The molecule has 0 radical (unpaired) electrons. The predicted octanol–water partition coefficient (Wildman–Crippen LogP) is 2.64. The molecule has 0 amide bonds. The largest absolute Gasteiger partial charge is 0.472 e. The molecule has 0 N–H and O–H groups in total. The highest BCUT2D eigenvalue weighted by Crippen LogP contribution is 2.27. The first-order valence-electron chi connectivity index (χ1n) is 5.32. The van der Waals surface area contributed by atoms with E-state index in [4.69, 9.17) is 16.0 Å². The highest BCUT2D eigenvalue weighted by molar-refractivity contribution is 6.33. The van der Waals surface area contributed by atoms with Gasteiger partial charge in [0.1, 0.15) is 0 Å². The quantitative estimate of drug-likeness (QED) is 0.820. The van der Waals surface area contributed by atoms with Gasteiger partial charge in [-0.2, -0.15) is 5.10 Å². The molecule has 2 aromatic rings. The lowest BCUT2D eigenvalue weighted by atomic mass is 10.0. The minimum atomic E-state index is 0.440. The highest BCUT2D eigenvalue weighted by Gasteiger charge is 2.21. The van der Waals surface area contributed by atoms with Gasteiger partial charge in [0.25, 0.3) is 0 Å². The standard InChI is InChI=1S/C12H10ClN3O/c1-7-11-9(5-14-7)10(15-16-12(11)13)4-8-2-3-17-6-8/h2-3,6H,4-5H2,1H3. The van der Waals surface area contributed by atoms with Crippen LogP contribution in [0.4, 0.5) is 0 Å². The number of halogens is 1. The lowest BCUT2D eigenvalue weighted by Gasteiger charge is -2.06. The van der Waals surface area contributed by atoms with Crippen molar-refractivity contribution in [2.75, 3.05) is 0 Å². The zero-order valence-electron chi connectivity index (χ0n) is 9.27. The van der Waals surface area contributed by atoms with Gasteiger partial charge in [0, 0.05) is 23.3 Å². The van der Waals surface area contributed by atoms with Gasteiger partial charge in [-0.15, -0.1) is 5.10 Å². The maximum Gasteiger partial charge on any atom is 0.161 e. The van der Waals surface area contributed by atoms with E-state index in [0.29, 0.717) is 18.1 Å². The first-order valence-corrected chi connectivity index (χ1v) is 5.70. The van der Waals surface area contributed by atoms with Crippen molar-refractivity contribution in [3.05, 3.63) is 46.1 Å². The number of hydrogen-bond acceptors (Lipinski definition) is 4. The molecule has 17 heavy (non-hydrogen) atoms. The maximum absolute atomic E-state index is 6.05. The molecule has 0 bridgehead atoms. The molecule has 0 aromatic carbocycles. The zero-order chi connectivity index (χ0) is 11.8. The number of nitrogens with zero attached hydrogens (tertiary/aromatic N) is 3. The van der Waals surface area contributed by atoms with Gasteiger partial charge in [0.2, 0.25) is 0 Å². The Hall–Kier alpha value is -1.68. The normalized spacial score (nSPS) is 13.6. The molecule has 1 aliphatic rings. The van der Waals surface area contributed by atoms with Crippen LogP contribution >= 0.6 is 11.6 Å². The van der Waals surface area contributed by atoms with E-state index in [1.807, 2.05) is 13.0 Å². The third-order valence-electron chi connectivity index (χ3n) is 2.90. The van der Waals surface area contributed by atoms with E-state index in [9.17, 15) is 0 Å². The Bertz CT molecular complexity index is 590. The van der Waals surface area contributed by atoms with Gasteiger partial charge in [-0.05, 0) is 18.6 Å². The molecule has 0 spiro atoms. The van der Waals surface area contributed by atoms with Crippen LogP contribution in [0.15, 0.2) is 28.0 Å². The summed E-state index contributed by atoms with van der Waals surface area (Å²) in [5.74, 6) is 0. The van der Waals surface area contributed by atoms with Gasteiger partial charge in [-0.25, -0.2) is 0 Å². The maximum atomic E-state index is 6.05. The molecule has 3 heterocycles. The first-order chi connectivity index (χ1) is 8.25. The first kappa shape index (κ1) is 10.5. The smallest absolute Gasteiger partial charge is 0.161 e. The lowest BCUT2D eigenvalue weighted by Crippen LogP contribution is -2.05. The fourth-order valence-electron chi connectivity index (χ4n) is 2.03. The Morgan fingerprint density at radius 2 is 2.29 bits per heavy atom. The molecule has 5 heteroatoms. The van der Waals surface area contributed by atoms with E-state index in [-0.39, 0.29) is 0 Å². The zero-order valence-corrected chi connectivity index (χ0v) is 10.0. The van der Waals surface area contributed by atoms with Crippen molar-refractivity contribution in [1.29, 1.82) is 0 Å². The average Bonchev–Trinajstić information content (AvgIpc) is 2.93. The second kappa shape index (κ2) is 3.96. The summed E-state index contributed by atoms with van der Waals surface area (Å²) in [6, 6.07) is 1.92. The molecule has 1 aliphatic heterocycles. The number of aliphatic imine (C=N–C) groups is 1. The summed E-state index contributed by atoms with van der Waals surface area (Å²) in [5, 5.41) is 8.59. The van der Waals surface area contributed by atoms with Crippen molar-refractivity contribution in [3.8, 4) is 0 Å². The van der Waals surface area contributed by atoms with Crippen molar-refractivity contribution in [3.63, 3.8) is 0 Å². The van der Waals surface area contributed by atoms with Crippen molar-refractivity contribution < 1.29 is 4.42 Å². The van der Waals surface area contributed by atoms with Crippen LogP contribution in [-0.4, -0.2) is 15.9 Å². The number of hydrogen-bond donors (Lipinski definition) is 0. The third-order valence-corrected chi connectivity index (χ3v) is 3.17. The molecule has 4 nitrogen and oxygen atoms in total. The van der Waals surface area contributed by atoms with Crippen molar-refractivity contribution in [2.24, 2.45) is 4.99 Å². The van der Waals surface area contributed by atoms with E-state index in [2.05, 4.69) is 15.2 Å². The second-order valence-electron chi connectivity index (χ2n) is 4.00. The fraction of sp³-hybridized carbons (Fsp3) is 0.250. The molecule has 2 aromatic heterocycles. The number of furan rings is 1. The van der Waals surface area contributed by atoms with Crippen LogP contribution in [0.25, 0.3) is 0 Å². The summed E-state index contributed by atoms with van der Waals surface area (Å²) in [5.41, 5.74) is 4.97.